The minimum absolute atomic E-state index is 0.166. The molecule has 5 heteroatoms. The molecule has 0 heterocycles. The molecule has 0 aromatic heterocycles. The summed E-state index contributed by atoms with van der Waals surface area (Å²) >= 11 is 0. The molecule has 0 aliphatic carbocycles. The van der Waals surface area contributed by atoms with E-state index in [1.165, 1.54) is 13.2 Å². The van der Waals surface area contributed by atoms with Gasteiger partial charge in [-0.15, -0.1) is 0 Å². The number of methoxy groups -OCH3 is 1. The molecule has 0 unspecified atom stereocenters. The number of hydrogen-bond donors (Lipinski definition) is 1. The van der Waals surface area contributed by atoms with Crippen molar-refractivity contribution in [2.45, 2.75) is 13.3 Å². The van der Waals surface area contributed by atoms with E-state index in [1.54, 1.807) is 6.08 Å². The molecule has 0 saturated heterocycles. The van der Waals surface area contributed by atoms with Crippen molar-refractivity contribution in [3.63, 3.8) is 0 Å². The van der Waals surface area contributed by atoms with Crippen LogP contribution in [0.5, 0.6) is 5.75 Å². The van der Waals surface area contributed by atoms with E-state index >= 15 is 0 Å². The first kappa shape index (κ1) is 15.8. The van der Waals surface area contributed by atoms with E-state index in [4.69, 9.17) is 4.74 Å². The molecule has 1 amide bonds. The smallest absolute Gasteiger partial charge is 0.307 e. The van der Waals surface area contributed by atoms with Crippen LogP contribution in [-0.2, 0) is 14.3 Å². The molecule has 1 N–H and O–H groups in total. The average molecular weight is 277 g/mol. The van der Waals surface area contributed by atoms with Crippen LogP contribution in [0.3, 0.4) is 0 Å². The van der Waals surface area contributed by atoms with Crippen molar-refractivity contribution in [3.8, 4) is 5.75 Å². The Hall–Kier alpha value is -2.30. The van der Waals surface area contributed by atoms with Gasteiger partial charge in [0.25, 0.3) is 0 Å². The fourth-order valence-corrected chi connectivity index (χ4v) is 1.46. The molecule has 1 aromatic rings. The Bertz CT molecular complexity index is 465. The molecule has 5 nitrogen and oxygen atoms in total. The van der Waals surface area contributed by atoms with Gasteiger partial charge in [-0.1, -0.05) is 12.1 Å². The molecule has 0 aliphatic heterocycles. The zero-order chi connectivity index (χ0) is 14.8. The van der Waals surface area contributed by atoms with Crippen LogP contribution in [0.15, 0.2) is 30.3 Å². The lowest BCUT2D eigenvalue weighted by atomic mass is 10.2. The Labute approximate surface area is 118 Å². The first-order valence-corrected chi connectivity index (χ1v) is 6.41. The summed E-state index contributed by atoms with van der Waals surface area (Å²) in [6, 6.07) is 7.42. The topological polar surface area (TPSA) is 64.6 Å². The highest BCUT2D eigenvalue weighted by molar-refractivity contribution is 5.91. The minimum atomic E-state index is -0.346. The number of amides is 1. The Morgan fingerprint density at radius 2 is 1.95 bits per heavy atom. The summed E-state index contributed by atoms with van der Waals surface area (Å²) in [6.07, 6.45) is 3.29. The zero-order valence-electron chi connectivity index (χ0n) is 11.7. The molecule has 0 saturated carbocycles. The lowest BCUT2D eigenvalue weighted by Gasteiger charge is -2.02. The van der Waals surface area contributed by atoms with Gasteiger partial charge in [-0.05, 0) is 30.7 Å². The Morgan fingerprint density at radius 3 is 2.55 bits per heavy atom. The van der Waals surface area contributed by atoms with Gasteiger partial charge in [0.15, 0.2) is 0 Å². The van der Waals surface area contributed by atoms with Crippen molar-refractivity contribution in [1.29, 1.82) is 0 Å². The van der Waals surface area contributed by atoms with Crippen LogP contribution in [-0.4, -0.2) is 32.1 Å². The molecule has 0 aliphatic rings. The van der Waals surface area contributed by atoms with E-state index in [0.29, 0.717) is 6.61 Å². The summed E-state index contributed by atoms with van der Waals surface area (Å²) in [6.45, 7) is 2.81. The summed E-state index contributed by atoms with van der Waals surface area (Å²) in [5.41, 5.74) is 0.900. The maximum Gasteiger partial charge on any atom is 0.307 e. The molecular formula is C15H19NO4. The van der Waals surface area contributed by atoms with Crippen molar-refractivity contribution >= 4 is 18.0 Å². The van der Waals surface area contributed by atoms with Crippen LogP contribution in [0.2, 0.25) is 0 Å². The molecule has 0 radical (unpaired) electrons. The molecule has 0 spiro atoms. The van der Waals surface area contributed by atoms with Gasteiger partial charge < -0.3 is 14.8 Å². The third-order valence-corrected chi connectivity index (χ3v) is 2.47. The van der Waals surface area contributed by atoms with Crippen molar-refractivity contribution < 1.29 is 19.1 Å². The predicted molar refractivity (Wildman–Crippen MR) is 76.3 cm³/mol. The van der Waals surface area contributed by atoms with E-state index in [0.717, 1.165) is 11.3 Å². The highest BCUT2D eigenvalue weighted by Crippen LogP contribution is 2.12. The molecule has 1 rings (SSSR count). The van der Waals surface area contributed by atoms with Gasteiger partial charge >= 0.3 is 5.97 Å². The van der Waals surface area contributed by atoms with Crippen LogP contribution in [0.25, 0.3) is 6.08 Å². The van der Waals surface area contributed by atoms with Gasteiger partial charge in [0.05, 0.1) is 20.1 Å². The number of hydrogen-bond acceptors (Lipinski definition) is 4. The largest absolute Gasteiger partial charge is 0.494 e. The second-order valence-corrected chi connectivity index (χ2v) is 3.95. The molecular weight excluding hydrogens is 258 g/mol. The van der Waals surface area contributed by atoms with Crippen molar-refractivity contribution in [2.24, 2.45) is 0 Å². The first-order valence-electron chi connectivity index (χ1n) is 6.41. The maximum atomic E-state index is 11.5. The van der Waals surface area contributed by atoms with Crippen molar-refractivity contribution in [1.82, 2.24) is 5.32 Å². The van der Waals surface area contributed by atoms with Gasteiger partial charge in [0.1, 0.15) is 5.75 Å². The molecule has 20 heavy (non-hydrogen) atoms. The highest BCUT2D eigenvalue weighted by atomic mass is 16.5. The second-order valence-electron chi connectivity index (χ2n) is 3.95. The summed E-state index contributed by atoms with van der Waals surface area (Å²) in [4.78, 5) is 22.3. The number of ether oxygens (including phenoxy) is 2. The van der Waals surface area contributed by atoms with Gasteiger partial charge in [-0.2, -0.15) is 0 Å². The Morgan fingerprint density at radius 1 is 1.25 bits per heavy atom. The van der Waals surface area contributed by atoms with Gasteiger partial charge in [-0.25, -0.2) is 0 Å². The maximum absolute atomic E-state index is 11.5. The first-order chi connectivity index (χ1) is 9.65. The fourth-order valence-electron chi connectivity index (χ4n) is 1.46. The van der Waals surface area contributed by atoms with E-state index in [1.807, 2.05) is 31.2 Å². The van der Waals surface area contributed by atoms with Crippen LogP contribution in [0.4, 0.5) is 0 Å². The van der Waals surface area contributed by atoms with Crippen LogP contribution in [0, 0.1) is 0 Å². The minimum Gasteiger partial charge on any atom is -0.494 e. The van der Waals surface area contributed by atoms with Crippen LogP contribution < -0.4 is 10.1 Å². The molecule has 1 aromatic carbocycles. The van der Waals surface area contributed by atoms with Gasteiger partial charge in [0.2, 0.25) is 5.91 Å². The lowest BCUT2D eigenvalue weighted by molar-refractivity contribution is -0.140. The number of nitrogens with one attached hydrogen (secondary N) is 1. The van der Waals surface area contributed by atoms with Crippen LogP contribution in [0.1, 0.15) is 18.9 Å². The predicted octanol–water partition coefficient (Wildman–Crippen LogP) is 1.78. The van der Waals surface area contributed by atoms with Crippen molar-refractivity contribution in [2.75, 3.05) is 20.3 Å². The monoisotopic (exact) mass is 277 g/mol. The summed E-state index contributed by atoms with van der Waals surface area (Å²) in [5, 5.41) is 2.60. The van der Waals surface area contributed by atoms with Crippen molar-refractivity contribution in [3.05, 3.63) is 35.9 Å². The quantitative estimate of drug-likeness (QED) is 0.609. The highest BCUT2D eigenvalue weighted by Gasteiger charge is 2.00. The number of carbonyl (C=O) groups excluding carboxylic acids is 2. The third kappa shape index (κ3) is 6.04. The number of carbonyl (C=O) groups is 2. The molecule has 0 fully saturated rings. The summed E-state index contributed by atoms with van der Waals surface area (Å²) in [5.74, 6) is 0.204. The number of esters is 1. The van der Waals surface area contributed by atoms with E-state index in [9.17, 15) is 9.59 Å². The second kappa shape index (κ2) is 8.74. The zero-order valence-corrected chi connectivity index (χ0v) is 11.7. The van der Waals surface area contributed by atoms with Crippen LogP contribution >= 0.6 is 0 Å². The Kier molecular flexibility index (Phi) is 6.89. The fraction of sp³-hybridized carbons (Fsp3) is 0.333. The number of rotatable bonds is 7. The third-order valence-electron chi connectivity index (χ3n) is 2.47. The van der Waals surface area contributed by atoms with E-state index < -0.39 is 0 Å². The van der Waals surface area contributed by atoms with Gasteiger partial charge in [0, 0.05) is 12.6 Å². The summed E-state index contributed by atoms with van der Waals surface area (Å²) < 4.78 is 9.80. The van der Waals surface area contributed by atoms with Gasteiger partial charge in [-0.3, -0.25) is 9.59 Å². The molecule has 0 bridgehead atoms. The summed E-state index contributed by atoms with van der Waals surface area (Å²) in [7, 11) is 1.32. The molecule has 108 valence electrons. The lowest BCUT2D eigenvalue weighted by Crippen LogP contribution is -2.24. The normalized spacial score (nSPS) is 10.3. The standard InChI is InChI=1S/C15H19NO4/c1-3-20-13-7-4-12(5-8-13)6-9-14(17)16-11-10-15(18)19-2/h4-9H,3,10-11H2,1-2H3,(H,16,17)/b9-6-. The average Bonchev–Trinajstić information content (AvgIpc) is 2.46. The van der Waals surface area contributed by atoms with E-state index in [-0.39, 0.29) is 24.8 Å². The molecule has 0 atom stereocenters. The Balaban J connectivity index is 2.38. The number of benzene rings is 1. The van der Waals surface area contributed by atoms with E-state index in [2.05, 4.69) is 10.1 Å². The SMILES string of the molecule is CCOc1ccc(/C=C\C(=O)NCCC(=O)OC)cc1.